The van der Waals surface area contributed by atoms with Crippen LogP contribution in [-0.4, -0.2) is 23.5 Å². The van der Waals surface area contributed by atoms with Gasteiger partial charge in [-0.2, -0.15) is 0 Å². The molecule has 82 valence electrons. The van der Waals surface area contributed by atoms with Crippen molar-refractivity contribution in [2.45, 2.75) is 60.0 Å². The zero-order valence-corrected chi connectivity index (χ0v) is 11.0. The quantitative estimate of drug-likeness (QED) is 0.481. The molecule has 0 radical (unpaired) electrons. The van der Waals surface area contributed by atoms with Crippen molar-refractivity contribution in [3.05, 3.63) is 11.1 Å². The minimum absolute atomic E-state index is 0.303. The van der Waals surface area contributed by atoms with Gasteiger partial charge >= 0.3 is 0 Å². The summed E-state index contributed by atoms with van der Waals surface area (Å²) in [5.74, 6) is 0. The lowest BCUT2D eigenvalue weighted by Crippen LogP contribution is -2.26. The van der Waals surface area contributed by atoms with E-state index in [-0.39, 0.29) is 0 Å². The maximum atomic E-state index is 2.47. The molecule has 0 aromatic carbocycles. The first kappa shape index (κ1) is 11.8. The lowest BCUT2D eigenvalue weighted by atomic mass is 9.76. The molecule has 2 unspecified atom stereocenters. The molecule has 0 N–H and O–H groups in total. The molecule has 1 aliphatic heterocycles. The Kier molecular flexibility index (Phi) is 2.60. The van der Waals surface area contributed by atoms with Crippen molar-refractivity contribution in [3.8, 4) is 0 Å². The molecular formula is C13H25N. The fourth-order valence-electron chi connectivity index (χ4n) is 2.89. The second-order valence-electron chi connectivity index (χ2n) is 6.01. The summed E-state index contributed by atoms with van der Waals surface area (Å²) in [6.07, 6.45) is 0. The minimum atomic E-state index is 0.303. The highest BCUT2D eigenvalue weighted by Gasteiger charge is 2.59. The first-order valence-electron chi connectivity index (χ1n) is 5.51. The van der Waals surface area contributed by atoms with Gasteiger partial charge in [-0.3, -0.25) is 4.90 Å². The molecule has 0 amide bonds. The molecule has 1 heteroatoms. The smallest absolute Gasteiger partial charge is 0.0365 e. The van der Waals surface area contributed by atoms with Crippen LogP contribution in [0.1, 0.15) is 48.5 Å². The average molecular weight is 195 g/mol. The van der Waals surface area contributed by atoms with Crippen LogP contribution in [0.4, 0.5) is 0 Å². The van der Waals surface area contributed by atoms with E-state index in [1.54, 1.807) is 5.57 Å². The molecule has 1 aliphatic rings. The van der Waals surface area contributed by atoms with Crippen molar-refractivity contribution in [2.24, 2.45) is 5.41 Å². The zero-order valence-electron chi connectivity index (χ0n) is 11.0. The minimum Gasteiger partial charge on any atom is -0.294 e. The lowest BCUT2D eigenvalue weighted by Gasteiger charge is -2.28. The molecule has 1 rings (SSSR count). The Labute approximate surface area is 89.2 Å². The predicted octanol–water partition coefficient (Wildman–Crippen LogP) is 3.46. The number of hydrogen-bond acceptors (Lipinski definition) is 1. The monoisotopic (exact) mass is 195 g/mol. The standard InChI is InChI=1S/C13H25N/c1-9(2)10(3)12(4,5)11-13(6,7)14(11)8/h11H,1-8H3. The molecule has 0 saturated carbocycles. The van der Waals surface area contributed by atoms with Gasteiger partial charge in [-0.1, -0.05) is 25.0 Å². The van der Waals surface area contributed by atoms with E-state index < -0.39 is 0 Å². The van der Waals surface area contributed by atoms with Gasteiger partial charge in [0.25, 0.3) is 0 Å². The van der Waals surface area contributed by atoms with Crippen LogP contribution in [0, 0.1) is 5.41 Å². The Bertz CT molecular complexity index is 267. The molecule has 0 bridgehead atoms. The number of likely N-dealkylation sites (N-methyl/N-ethyl adjacent to an activating group) is 1. The number of hydrogen-bond donors (Lipinski definition) is 0. The van der Waals surface area contributed by atoms with Gasteiger partial charge in [0.2, 0.25) is 0 Å². The van der Waals surface area contributed by atoms with E-state index in [4.69, 9.17) is 0 Å². The molecule has 2 atom stereocenters. The Morgan fingerprint density at radius 1 is 1.14 bits per heavy atom. The number of rotatable bonds is 2. The fraction of sp³-hybridized carbons (Fsp3) is 0.846. The average Bonchev–Trinajstić information content (AvgIpc) is 2.50. The highest BCUT2D eigenvalue weighted by atomic mass is 15.4. The van der Waals surface area contributed by atoms with E-state index in [1.165, 1.54) is 5.57 Å². The van der Waals surface area contributed by atoms with Gasteiger partial charge in [-0.25, -0.2) is 0 Å². The molecule has 1 nitrogen and oxygen atoms in total. The number of nitrogens with zero attached hydrogens (tertiary/aromatic N) is 1. The Morgan fingerprint density at radius 3 is 1.71 bits per heavy atom. The van der Waals surface area contributed by atoms with Crippen molar-refractivity contribution in [1.29, 1.82) is 0 Å². The summed E-state index contributed by atoms with van der Waals surface area (Å²) in [6.45, 7) is 16.1. The van der Waals surface area contributed by atoms with Crippen molar-refractivity contribution in [2.75, 3.05) is 7.05 Å². The second-order valence-corrected chi connectivity index (χ2v) is 6.01. The van der Waals surface area contributed by atoms with Crippen molar-refractivity contribution < 1.29 is 0 Å². The van der Waals surface area contributed by atoms with E-state index >= 15 is 0 Å². The van der Waals surface area contributed by atoms with Crippen LogP contribution >= 0.6 is 0 Å². The van der Waals surface area contributed by atoms with Gasteiger partial charge in [0, 0.05) is 17.0 Å². The molecule has 1 saturated heterocycles. The summed E-state index contributed by atoms with van der Waals surface area (Å²) < 4.78 is 0. The Morgan fingerprint density at radius 2 is 1.50 bits per heavy atom. The normalized spacial score (nSPS) is 30.0. The molecule has 0 aromatic heterocycles. The van der Waals surface area contributed by atoms with Crippen LogP contribution in [-0.2, 0) is 0 Å². The van der Waals surface area contributed by atoms with Gasteiger partial charge in [-0.15, -0.1) is 0 Å². The maximum Gasteiger partial charge on any atom is 0.0365 e. The lowest BCUT2D eigenvalue weighted by molar-refractivity contribution is 0.373. The zero-order chi connectivity index (χ0) is 11.3. The molecule has 1 heterocycles. The van der Waals surface area contributed by atoms with Gasteiger partial charge in [0.1, 0.15) is 0 Å². The summed E-state index contributed by atoms with van der Waals surface area (Å²) in [5.41, 5.74) is 3.68. The topological polar surface area (TPSA) is 3.01 Å². The summed E-state index contributed by atoms with van der Waals surface area (Å²) in [5, 5.41) is 0. The highest BCUT2D eigenvalue weighted by molar-refractivity contribution is 5.27. The van der Waals surface area contributed by atoms with E-state index in [1.807, 2.05) is 0 Å². The van der Waals surface area contributed by atoms with E-state index in [2.05, 4.69) is 60.4 Å². The molecule has 1 fully saturated rings. The van der Waals surface area contributed by atoms with E-state index in [0.29, 0.717) is 17.0 Å². The van der Waals surface area contributed by atoms with E-state index in [9.17, 15) is 0 Å². The van der Waals surface area contributed by atoms with Gasteiger partial charge in [-0.05, 0) is 41.7 Å². The molecule has 0 spiro atoms. The SMILES string of the molecule is CC(C)=C(C)C(C)(C)C1N(C)C1(C)C. The number of allylic oxidation sites excluding steroid dienone is 1. The summed E-state index contributed by atoms with van der Waals surface area (Å²) in [7, 11) is 2.23. The van der Waals surface area contributed by atoms with Crippen LogP contribution in [0.3, 0.4) is 0 Å². The Balaban J connectivity index is 2.95. The Hall–Kier alpha value is -0.300. The third-order valence-electron chi connectivity index (χ3n) is 4.30. The van der Waals surface area contributed by atoms with Crippen molar-refractivity contribution in [3.63, 3.8) is 0 Å². The van der Waals surface area contributed by atoms with Gasteiger partial charge in [0.05, 0.1) is 0 Å². The highest BCUT2D eigenvalue weighted by Crippen LogP contribution is 2.52. The third kappa shape index (κ3) is 1.52. The molecule has 0 aromatic rings. The van der Waals surface area contributed by atoms with E-state index in [0.717, 1.165) is 0 Å². The first-order chi connectivity index (χ1) is 6.13. The van der Waals surface area contributed by atoms with Crippen LogP contribution in [0.5, 0.6) is 0 Å². The first-order valence-corrected chi connectivity index (χ1v) is 5.51. The van der Waals surface area contributed by atoms with Crippen molar-refractivity contribution >= 4 is 0 Å². The maximum absolute atomic E-state index is 2.47. The predicted molar refractivity (Wildman–Crippen MR) is 63.5 cm³/mol. The molecule has 0 aliphatic carbocycles. The largest absolute Gasteiger partial charge is 0.294 e. The fourth-order valence-corrected chi connectivity index (χ4v) is 2.89. The van der Waals surface area contributed by atoms with Crippen LogP contribution in [0.15, 0.2) is 11.1 Å². The van der Waals surface area contributed by atoms with Gasteiger partial charge in [0.15, 0.2) is 0 Å². The van der Waals surface area contributed by atoms with Crippen LogP contribution in [0.2, 0.25) is 0 Å². The van der Waals surface area contributed by atoms with Crippen LogP contribution < -0.4 is 0 Å². The molecule has 14 heavy (non-hydrogen) atoms. The van der Waals surface area contributed by atoms with Crippen LogP contribution in [0.25, 0.3) is 0 Å². The van der Waals surface area contributed by atoms with Gasteiger partial charge < -0.3 is 0 Å². The summed E-state index contributed by atoms with van der Waals surface area (Å²) >= 11 is 0. The summed E-state index contributed by atoms with van der Waals surface area (Å²) in [4.78, 5) is 2.47. The summed E-state index contributed by atoms with van der Waals surface area (Å²) in [6, 6.07) is 0.685. The second kappa shape index (κ2) is 3.10. The van der Waals surface area contributed by atoms with Crippen molar-refractivity contribution in [1.82, 2.24) is 4.90 Å². The third-order valence-corrected chi connectivity index (χ3v) is 4.30. The molecular weight excluding hydrogens is 170 g/mol.